The third-order valence-electron chi connectivity index (χ3n) is 4.21. The molecule has 1 saturated heterocycles. The molecule has 3 rings (SSSR count). The molecule has 0 atom stereocenters. The predicted octanol–water partition coefficient (Wildman–Crippen LogP) is 3.48. The molecule has 3 nitrogen and oxygen atoms in total. The molecule has 4 heteroatoms. The van der Waals surface area contributed by atoms with Crippen LogP contribution in [0.4, 0.5) is 15.8 Å². The normalized spacial score (nSPS) is 16.6. The van der Waals surface area contributed by atoms with Crippen LogP contribution in [-0.4, -0.2) is 24.0 Å². The fraction of sp³-hybridized carbons (Fsp3) is 0.333. The number of anilines is 2. The lowest BCUT2D eigenvalue weighted by Gasteiger charge is -2.33. The molecule has 0 radical (unpaired) electrons. The smallest absolute Gasteiger partial charge is 0.125 e. The maximum atomic E-state index is 13.1. The van der Waals surface area contributed by atoms with Gasteiger partial charge in [0.1, 0.15) is 5.82 Å². The maximum Gasteiger partial charge on any atom is 0.125 e. The molecule has 0 amide bonds. The van der Waals surface area contributed by atoms with E-state index in [1.54, 1.807) is 6.07 Å². The largest absolute Gasteiger partial charge is 0.397 e. The molecule has 116 valence electrons. The van der Waals surface area contributed by atoms with Crippen LogP contribution in [0.15, 0.2) is 48.5 Å². The maximum absolute atomic E-state index is 13.1. The zero-order valence-corrected chi connectivity index (χ0v) is 12.6. The van der Waals surface area contributed by atoms with Crippen LogP contribution in [0.2, 0.25) is 0 Å². The van der Waals surface area contributed by atoms with Crippen LogP contribution in [0.1, 0.15) is 18.4 Å². The zero-order valence-electron chi connectivity index (χ0n) is 12.6. The van der Waals surface area contributed by atoms with E-state index in [0.717, 1.165) is 38.2 Å². The first-order chi connectivity index (χ1) is 10.7. The second kappa shape index (κ2) is 6.79. The highest BCUT2D eigenvalue weighted by Crippen LogP contribution is 2.23. The Bertz CT molecular complexity index is 607. The van der Waals surface area contributed by atoms with E-state index in [0.29, 0.717) is 11.7 Å². The molecule has 0 saturated carbocycles. The number of nitrogens with one attached hydrogen (secondary N) is 1. The Balaban J connectivity index is 1.51. The number of rotatable bonds is 4. The quantitative estimate of drug-likeness (QED) is 0.849. The van der Waals surface area contributed by atoms with E-state index < -0.39 is 0 Å². The highest BCUT2D eigenvalue weighted by molar-refractivity contribution is 5.66. The van der Waals surface area contributed by atoms with Gasteiger partial charge in [-0.05, 0) is 36.6 Å². The van der Waals surface area contributed by atoms with E-state index in [1.165, 1.54) is 17.7 Å². The lowest BCUT2D eigenvalue weighted by molar-refractivity contribution is 0.211. The van der Waals surface area contributed by atoms with Crippen molar-refractivity contribution in [3.63, 3.8) is 0 Å². The Kier molecular flexibility index (Phi) is 4.59. The average molecular weight is 299 g/mol. The molecule has 0 spiro atoms. The number of nitrogens with two attached hydrogens (primary N) is 1. The SMILES string of the molecule is Nc1cc(F)ccc1NC1CCN(Cc2ccccc2)CC1. The van der Waals surface area contributed by atoms with Crippen molar-refractivity contribution in [3.05, 3.63) is 59.9 Å². The van der Waals surface area contributed by atoms with Gasteiger partial charge < -0.3 is 11.1 Å². The third-order valence-corrected chi connectivity index (χ3v) is 4.21. The van der Waals surface area contributed by atoms with Crippen molar-refractivity contribution in [3.8, 4) is 0 Å². The average Bonchev–Trinajstić information content (AvgIpc) is 2.53. The summed E-state index contributed by atoms with van der Waals surface area (Å²) in [6, 6.07) is 15.5. The molecule has 1 fully saturated rings. The number of likely N-dealkylation sites (tertiary alicyclic amines) is 1. The Hall–Kier alpha value is -2.07. The van der Waals surface area contributed by atoms with Crippen molar-refractivity contribution >= 4 is 11.4 Å². The molecule has 0 aliphatic carbocycles. The van der Waals surface area contributed by atoms with Crippen LogP contribution in [-0.2, 0) is 6.54 Å². The summed E-state index contributed by atoms with van der Waals surface area (Å²) < 4.78 is 13.1. The van der Waals surface area contributed by atoms with E-state index in [2.05, 4.69) is 34.5 Å². The van der Waals surface area contributed by atoms with Gasteiger partial charge in [-0.25, -0.2) is 4.39 Å². The Morgan fingerprint density at radius 1 is 1.09 bits per heavy atom. The predicted molar refractivity (Wildman–Crippen MR) is 89.2 cm³/mol. The van der Waals surface area contributed by atoms with E-state index in [-0.39, 0.29) is 5.82 Å². The van der Waals surface area contributed by atoms with Gasteiger partial charge in [0, 0.05) is 25.7 Å². The zero-order chi connectivity index (χ0) is 15.4. The van der Waals surface area contributed by atoms with E-state index >= 15 is 0 Å². The van der Waals surface area contributed by atoms with Gasteiger partial charge in [-0.1, -0.05) is 30.3 Å². The molecule has 1 aliphatic heterocycles. The monoisotopic (exact) mass is 299 g/mol. The number of piperidine rings is 1. The van der Waals surface area contributed by atoms with Gasteiger partial charge in [0.2, 0.25) is 0 Å². The van der Waals surface area contributed by atoms with Crippen molar-refractivity contribution in [2.45, 2.75) is 25.4 Å². The molecule has 0 unspecified atom stereocenters. The molecule has 2 aromatic carbocycles. The molecular formula is C18H22FN3. The number of benzene rings is 2. The lowest BCUT2D eigenvalue weighted by Crippen LogP contribution is -2.38. The Morgan fingerprint density at radius 3 is 2.50 bits per heavy atom. The first kappa shape index (κ1) is 14.9. The third kappa shape index (κ3) is 3.77. The second-order valence-electron chi connectivity index (χ2n) is 5.91. The van der Waals surface area contributed by atoms with Gasteiger partial charge in [-0.2, -0.15) is 0 Å². The van der Waals surface area contributed by atoms with Crippen molar-refractivity contribution in [2.75, 3.05) is 24.1 Å². The van der Waals surface area contributed by atoms with Crippen molar-refractivity contribution < 1.29 is 4.39 Å². The van der Waals surface area contributed by atoms with Crippen LogP contribution < -0.4 is 11.1 Å². The van der Waals surface area contributed by atoms with Crippen LogP contribution in [0.25, 0.3) is 0 Å². The van der Waals surface area contributed by atoms with Crippen molar-refractivity contribution in [1.29, 1.82) is 0 Å². The summed E-state index contributed by atoms with van der Waals surface area (Å²) in [5, 5.41) is 3.44. The molecule has 22 heavy (non-hydrogen) atoms. The van der Waals surface area contributed by atoms with Gasteiger partial charge in [0.15, 0.2) is 0 Å². The number of hydrogen-bond acceptors (Lipinski definition) is 3. The highest BCUT2D eigenvalue weighted by Gasteiger charge is 2.19. The summed E-state index contributed by atoms with van der Waals surface area (Å²) in [4.78, 5) is 2.47. The van der Waals surface area contributed by atoms with Gasteiger partial charge in [0.05, 0.1) is 11.4 Å². The van der Waals surface area contributed by atoms with Crippen molar-refractivity contribution in [1.82, 2.24) is 4.90 Å². The summed E-state index contributed by atoms with van der Waals surface area (Å²) in [6.07, 6.45) is 2.15. The minimum atomic E-state index is -0.291. The minimum absolute atomic E-state index is 0.291. The molecule has 2 aromatic rings. The number of hydrogen-bond donors (Lipinski definition) is 2. The van der Waals surface area contributed by atoms with Crippen LogP contribution >= 0.6 is 0 Å². The summed E-state index contributed by atoms with van der Waals surface area (Å²) in [5.41, 5.74) is 8.53. The number of nitrogens with zero attached hydrogens (tertiary/aromatic N) is 1. The lowest BCUT2D eigenvalue weighted by atomic mass is 10.0. The van der Waals surface area contributed by atoms with E-state index in [4.69, 9.17) is 5.73 Å². The summed E-state index contributed by atoms with van der Waals surface area (Å²) in [5.74, 6) is -0.291. The number of halogens is 1. The minimum Gasteiger partial charge on any atom is -0.397 e. The summed E-state index contributed by atoms with van der Waals surface area (Å²) in [6.45, 7) is 3.13. The first-order valence-corrected chi connectivity index (χ1v) is 7.78. The molecule has 1 heterocycles. The number of nitrogen functional groups attached to an aromatic ring is 1. The van der Waals surface area contributed by atoms with E-state index in [9.17, 15) is 4.39 Å². The first-order valence-electron chi connectivity index (χ1n) is 7.78. The Labute approximate surface area is 130 Å². The fourth-order valence-corrected chi connectivity index (χ4v) is 2.96. The van der Waals surface area contributed by atoms with Gasteiger partial charge in [-0.3, -0.25) is 4.90 Å². The highest BCUT2D eigenvalue weighted by atomic mass is 19.1. The van der Waals surface area contributed by atoms with Gasteiger partial charge >= 0.3 is 0 Å². The van der Waals surface area contributed by atoms with E-state index in [1.807, 2.05) is 6.07 Å². The standard InChI is InChI=1S/C18H22FN3/c19-15-6-7-18(17(20)12-15)21-16-8-10-22(11-9-16)13-14-4-2-1-3-5-14/h1-7,12,16,21H,8-11,13,20H2. The van der Waals surface area contributed by atoms with Crippen LogP contribution in [0.3, 0.4) is 0 Å². The molecular weight excluding hydrogens is 277 g/mol. The van der Waals surface area contributed by atoms with Crippen LogP contribution in [0.5, 0.6) is 0 Å². The van der Waals surface area contributed by atoms with Gasteiger partial charge in [-0.15, -0.1) is 0 Å². The molecule has 3 N–H and O–H groups in total. The van der Waals surface area contributed by atoms with Crippen LogP contribution in [0, 0.1) is 5.82 Å². The van der Waals surface area contributed by atoms with Gasteiger partial charge in [0.25, 0.3) is 0 Å². The molecule has 1 aliphatic rings. The summed E-state index contributed by atoms with van der Waals surface area (Å²) >= 11 is 0. The second-order valence-corrected chi connectivity index (χ2v) is 5.91. The molecule has 0 bridgehead atoms. The summed E-state index contributed by atoms with van der Waals surface area (Å²) in [7, 11) is 0. The van der Waals surface area contributed by atoms with Crippen molar-refractivity contribution in [2.24, 2.45) is 0 Å². The fourth-order valence-electron chi connectivity index (χ4n) is 2.96. The topological polar surface area (TPSA) is 41.3 Å². The molecule has 0 aromatic heterocycles. The Morgan fingerprint density at radius 2 is 1.82 bits per heavy atom.